The van der Waals surface area contributed by atoms with Gasteiger partial charge in [-0.1, -0.05) is 0 Å². The Hall–Kier alpha value is -1.80. The third-order valence-corrected chi connectivity index (χ3v) is 1.91. The number of ether oxygens (including phenoxy) is 2. The van der Waals surface area contributed by atoms with Crippen molar-refractivity contribution in [2.45, 2.75) is 6.92 Å². The topological polar surface area (TPSA) is 47.9 Å². The van der Waals surface area contributed by atoms with Gasteiger partial charge >= 0.3 is 0 Å². The summed E-state index contributed by atoms with van der Waals surface area (Å²) in [4.78, 5) is 13.6. The van der Waals surface area contributed by atoms with Crippen molar-refractivity contribution < 1.29 is 14.3 Å². The van der Waals surface area contributed by atoms with E-state index in [9.17, 15) is 4.79 Å². The molecule has 1 rings (SSSR count). The molecule has 14 heavy (non-hydrogen) atoms. The van der Waals surface area contributed by atoms with Crippen LogP contribution in [0.1, 0.15) is 5.56 Å². The molecule has 0 aliphatic heterocycles. The van der Waals surface area contributed by atoms with E-state index in [-0.39, 0.29) is 0 Å². The SMILES string of the molecule is COc1cc(N=C=O)cc(OC)c1C. The maximum absolute atomic E-state index is 10.1. The predicted octanol–water partition coefficient (Wildman–Crippen LogP) is 1.98. The molecule has 0 aliphatic carbocycles. The number of hydrogen-bond donors (Lipinski definition) is 0. The molecule has 0 fully saturated rings. The minimum atomic E-state index is 0.472. The van der Waals surface area contributed by atoms with Gasteiger partial charge in [-0.2, -0.15) is 4.99 Å². The van der Waals surface area contributed by atoms with Gasteiger partial charge < -0.3 is 9.47 Å². The van der Waals surface area contributed by atoms with E-state index < -0.39 is 0 Å². The molecule has 4 heteroatoms. The molecule has 0 heterocycles. The Morgan fingerprint density at radius 3 is 2.07 bits per heavy atom. The normalized spacial score (nSPS) is 9.07. The molecule has 0 radical (unpaired) electrons. The highest BCUT2D eigenvalue weighted by Crippen LogP contribution is 2.32. The highest BCUT2D eigenvalue weighted by Gasteiger charge is 2.07. The van der Waals surface area contributed by atoms with Crippen LogP contribution in [0, 0.1) is 6.92 Å². The number of hydrogen-bond acceptors (Lipinski definition) is 4. The Morgan fingerprint density at radius 2 is 1.71 bits per heavy atom. The Labute approximate surface area is 82.2 Å². The molecule has 0 amide bonds. The second-order valence-electron chi connectivity index (χ2n) is 2.68. The molecular formula is C10H11NO3. The molecular weight excluding hydrogens is 182 g/mol. The first kappa shape index (κ1) is 10.3. The highest BCUT2D eigenvalue weighted by atomic mass is 16.5. The molecule has 0 atom stereocenters. The molecule has 0 spiro atoms. The van der Waals surface area contributed by atoms with Crippen LogP contribution in [0.25, 0.3) is 0 Å². The molecule has 0 aliphatic rings. The Morgan fingerprint density at radius 1 is 1.21 bits per heavy atom. The summed E-state index contributed by atoms with van der Waals surface area (Å²) in [6.45, 7) is 1.87. The summed E-state index contributed by atoms with van der Waals surface area (Å²) in [7, 11) is 3.10. The summed E-state index contributed by atoms with van der Waals surface area (Å²) in [5, 5.41) is 0. The lowest BCUT2D eigenvalue weighted by molar-refractivity contribution is 0.389. The standard InChI is InChI=1S/C10H11NO3/c1-7-9(13-2)4-8(11-6-12)5-10(7)14-3/h4-5H,1-3H3. The number of isocyanates is 1. The van der Waals surface area contributed by atoms with Gasteiger partial charge in [-0.3, -0.25) is 0 Å². The third-order valence-electron chi connectivity index (χ3n) is 1.91. The van der Waals surface area contributed by atoms with Crippen molar-refractivity contribution in [3.8, 4) is 11.5 Å². The molecule has 74 valence electrons. The first-order valence-corrected chi connectivity index (χ1v) is 4.03. The fraction of sp³-hybridized carbons (Fsp3) is 0.300. The second kappa shape index (κ2) is 4.44. The van der Waals surface area contributed by atoms with Crippen LogP contribution in [0.15, 0.2) is 17.1 Å². The van der Waals surface area contributed by atoms with Gasteiger partial charge in [-0.05, 0) is 6.92 Å². The Kier molecular flexibility index (Phi) is 3.26. The number of benzene rings is 1. The van der Waals surface area contributed by atoms with Crippen molar-refractivity contribution in [3.63, 3.8) is 0 Å². The van der Waals surface area contributed by atoms with Crippen molar-refractivity contribution >= 4 is 11.8 Å². The van der Waals surface area contributed by atoms with Crippen LogP contribution < -0.4 is 9.47 Å². The van der Waals surface area contributed by atoms with E-state index in [1.54, 1.807) is 26.4 Å². The van der Waals surface area contributed by atoms with E-state index in [0.717, 1.165) is 5.56 Å². The van der Waals surface area contributed by atoms with Crippen molar-refractivity contribution in [2.75, 3.05) is 14.2 Å². The molecule has 4 nitrogen and oxygen atoms in total. The van der Waals surface area contributed by atoms with Crippen LogP contribution in [-0.2, 0) is 4.79 Å². The van der Waals surface area contributed by atoms with E-state index in [2.05, 4.69) is 4.99 Å². The lowest BCUT2D eigenvalue weighted by Gasteiger charge is -2.09. The number of methoxy groups -OCH3 is 2. The Balaban J connectivity index is 3.31. The maximum atomic E-state index is 10.1. The highest BCUT2D eigenvalue weighted by molar-refractivity contribution is 5.58. The number of aliphatic imine (C=N–C) groups is 1. The minimum absolute atomic E-state index is 0.472. The summed E-state index contributed by atoms with van der Waals surface area (Å²) in [5.74, 6) is 1.27. The molecule has 1 aromatic rings. The van der Waals surface area contributed by atoms with Crippen molar-refractivity contribution in [3.05, 3.63) is 17.7 Å². The van der Waals surface area contributed by atoms with Crippen LogP contribution in [0.2, 0.25) is 0 Å². The van der Waals surface area contributed by atoms with E-state index in [4.69, 9.17) is 9.47 Å². The van der Waals surface area contributed by atoms with E-state index in [1.165, 1.54) is 6.08 Å². The zero-order valence-electron chi connectivity index (χ0n) is 8.33. The smallest absolute Gasteiger partial charge is 0.240 e. The molecule has 0 N–H and O–H groups in total. The third kappa shape index (κ3) is 1.92. The van der Waals surface area contributed by atoms with Gasteiger partial charge in [0.25, 0.3) is 0 Å². The van der Waals surface area contributed by atoms with Crippen LogP contribution in [0.5, 0.6) is 11.5 Å². The molecule has 0 saturated carbocycles. The summed E-state index contributed by atoms with van der Waals surface area (Å²) in [6, 6.07) is 3.31. The average molecular weight is 193 g/mol. The zero-order chi connectivity index (χ0) is 10.6. The minimum Gasteiger partial charge on any atom is -0.496 e. The van der Waals surface area contributed by atoms with Crippen LogP contribution >= 0.6 is 0 Å². The first-order chi connectivity index (χ1) is 6.72. The molecule has 0 saturated heterocycles. The molecule has 0 unspecified atom stereocenters. The lowest BCUT2D eigenvalue weighted by Crippen LogP contribution is -1.91. The van der Waals surface area contributed by atoms with Crippen molar-refractivity contribution in [2.24, 2.45) is 4.99 Å². The quantitative estimate of drug-likeness (QED) is 0.544. The molecule has 0 aromatic heterocycles. The van der Waals surface area contributed by atoms with Crippen LogP contribution in [-0.4, -0.2) is 20.3 Å². The van der Waals surface area contributed by atoms with Gasteiger partial charge in [-0.15, -0.1) is 0 Å². The van der Waals surface area contributed by atoms with E-state index >= 15 is 0 Å². The lowest BCUT2D eigenvalue weighted by atomic mass is 10.2. The second-order valence-corrected chi connectivity index (χ2v) is 2.68. The van der Waals surface area contributed by atoms with Gasteiger partial charge in [0.05, 0.1) is 19.9 Å². The monoisotopic (exact) mass is 193 g/mol. The molecule has 0 bridgehead atoms. The van der Waals surface area contributed by atoms with Crippen molar-refractivity contribution in [1.82, 2.24) is 0 Å². The fourth-order valence-electron chi connectivity index (χ4n) is 1.19. The fourth-order valence-corrected chi connectivity index (χ4v) is 1.19. The average Bonchev–Trinajstić information content (AvgIpc) is 2.20. The Bertz CT molecular complexity index is 356. The summed E-state index contributed by atoms with van der Waals surface area (Å²) >= 11 is 0. The van der Waals surface area contributed by atoms with Gasteiger partial charge in [0, 0.05) is 17.7 Å². The van der Waals surface area contributed by atoms with Gasteiger partial charge in [-0.25, -0.2) is 4.79 Å². The zero-order valence-corrected chi connectivity index (χ0v) is 8.33. The summed E-state index contributed by atoms with van der Waals surface area (Å²) < 4.78 is 10.2. The van der Waals surface area contributed by atoms with E-state index in [1.807, 2.05) is 6.92 Å². The van der Waals surface area contributed by atoms with Gasteiger partial charge in [0.2, 0.25) is 6.08 Å². The van der Waals surface area contributed by atoms with Crippen LogP contribution in [0.4, 0.5) is 5.69 Å². The predicted molar refractivity (Wildman–Crippen MR) is 52.1 cm³/mol. The number of rotatable bonds is 3. The number of carbonyl (C=O) groups excluding carboxylic acids is 1. The van der Waals surface area contributed by atoms with Crippen LogP contribution in [0.3, 0.4) is 0 Å². The summed E-state index contributed by atoms with van der Waals surface area (Å²) in [5.41, 5.74) is 1.35. The molecule has 1 aromatic carbocycles. The van der Waals surface area contributed by atoms with Crippen molar-refractivity contribution in [1.29, 1.82) is 0 Å². The van der Waals surface area contributed by atoms with E-state index in [0.29, 0.717) is 17.2 Å². The number of nitrogens with zero attached hydrogens (tertiary/aromatic N) is 1. The van der Waals surface area contributed by atoms with Gasteiger partial charge in [0.15, 0.2) is 0 Å². The van der Waals surface area contributed by atoms with Gasteiger partial charge in [0.1, 0.15) is 11.5 Å². The summed E-state index contributed by atoms with van der Waals surface area (Å²) in [6.07, 6.45) is 1.47. The largest absolute Gasteiger partial charge is 0.496 e. The maximum Gasteiger partial charge on any atom is 0.240 e. The first-order valence-electron chi connectivity index (χ1n) is 4.03.